The number of hydrogen-bond donors (Lipinski definition) is 1. The van der Waals surface area contributed by atoms with E-state index in [1.165, 1.54) is 11.3 Å². The molecule has 1 N–H and O–H groups in total. The fourth-order valence-corrected chi connectivity index (χ4v) is 5.20. The van der Waals surface area contributed by atoms with Crippen LogP contribution in [-0.4, -0.2) is 48.1 Å². The Labute approximate surface area is 179 Å². The molecule has 1 fully saturated rings. The predicted molar refractivity (Wildman–Crippen MR) is 115 cm³/mol. The van der Waals surface area contributed by atoms with Crippen LogP contribution in [0.2, 0.25) is 0 Å². The molecule has 0 saturated carbocycles. The van der Waals surface area contributed by atoms with E-state index in [-0.39, 0.29) is 17.4 Å². The quantitative estimate of drug-likeness (QED) is 0.328. The number of aryl methyl sites for hydroxylation is 1. The van der Waals surface area contributed by atoms with Crippen molar-refractivity contribution >= 4 is 28.8 Å². The van der Waals surface area contributed by atoms with Crippen LogP contribution in [0, 0.1) is 6.92 Å². The van der Waals surface area contributed by atoms with Crippen LogP contribution < -0.4 is 4.74 Å². The Bertz CT molecular complexity index is 1020. The molecular weight excluding hydrogens is 402 g/mol. The van der Waals surface area contributed by atoms with E-state index in [0.29, 0.717) is 25.1 Å². The number of nitrogens with zero attached hydrogens (tertiary/aromatic N) is 1. The SMILES string of the molecule is COCCCN1C(=O)C(=O)/C(=C(\O)c2ccc3c(c2)CC(C)O3)C1c1sccc1C. The number of carbonyl (C=O) groups excluding carboxylic acids is 2. The lowest BCUT2D eigenvalue weighted by Crippen LogP contribution is -2.31. The highest BCUT2D eigenvalue weighted by molar-refractivity contribution is 7.10. The number of amides is 1. The topological polar surface area (TPSA) is 76.1 Å². The number of aliphatic hydroxyl groups is 1. The third kappa shape index (κ3) is 3.52. The average Bonchev–Trinajstić information content (AvgIpc) is 3.37. The van der Waals surface area contributed by atoms with E-state index < -0.39 is 17.7 Å². The molecule has 0 aliphatic carbocycles. The van der Waals surface area contributed by atoms with Gasteiger partial charge in [0.15, 0.2) is 0 Å². The Kier molecular flexibility index (Phi) is 5.66. The summed E-state index contributed by atoms with van der Waals surface area (Å²) in [4.78, 5) is 28.3. The number of methoxy groups -OCH3 is 1. The minimum Gasteiger partial charge on any atom is -0.507 e. The number of fused-ring (bicyclic) bond motifs is 1. The van der Waals surface area contributed by atoms with E-state index in [9.17, 15) is 14.7 Å². The molecule has 0 spiro atoms. The molecule has 3 heterocycles. The van der Waals surface area contributed by atoms with Gasteiger partial charge in [0, 0.05) is 37.1 Å². The molecule has 1 aromatic carbocycles. The van der Waals surface area contributed by atoms with Crippen LogP contribution in [0.15, 0.2) is 35.2 Å². The van der Waals surface area contributed by atoms with Gasteiger partial charge >= 0.3 is 0 Å². The summed E-state index contributed by atoms with van der Waals surface area (Å²) in [7, 11) is 1.60. The summed E-state index contributed by atoms with van der Waals surface area (Å²) in [5.74, 6) is -0.566. The van der Waals surface area contributed by atoms with Crippen molar-refractivity contribution in [2.24, 2.45) is 0 Å². The van der Waals surface area contributed by atoms with Gasteiger partial charge in [-0.2, -0.15) is 0 Å². The molecule has 2 atom stereocenters. The predicted octanol–water partition coefficient (Wildman–Crippen LogP) is 3.84. The zero-order valence-electron chi connectivity index (χ0n) is 17.3. The largest absolute Gasteiger partial charge is 0.507 e. The van der Waals surface area contributed by atoms with Gasteiger partial charge in [0.25, 0.3) is 11.7 Å². The summed E-state index contributed by atoms with van der Waals surface area (Å²) in [5.41, 5.74) is 2.66. The van der Waals surface area contributed by atoms with E-state index in [4.69, 9.17) is 9.47 Å². The Morgan fingerprint density at radius 1 is 1.33 bits per heavy atom. The summed E-state index contributed by atoms with van der Waals surface area (Å²) in [6.07, 6.45) is 1.44. The summed E-state index contributed by atoms with van der Waals surface area (Å²) in [6.45, 7) is 4.81. The van der Waals surface area contributed by atoms with Gasteiger partial charge in [0.05, 0.1) is 11.6 Å². The molecule has 30 heavy (non-hydrogen) atoms. The van der Waals surface area contributed by atoms with Crippen molar-refractivity contribution in [2.75, 3.05) is 20.3 Å². The number of aliphatic hydroxyl groups excluding tert-OH is 1. The Balaban J connectivity index is 1.79. The zero-order valence-corrected chi connectivity index (χ0v) is 18.1. The normalized spacial score (nSPS) is 22.4. The molecule has 4 rings (SSSR count). The Morgan fingerprint density at radius 2 is 2.13 bits per heavy atom. The molecule has 158 valence electrons. The van der Waals surface area contributed by atoms with Crippen molar-refractivity contribution < 1.29 is 24.2 Å². The molecule has 2 aromatic rings. The second kappa shape index (κ2) is 8.24. The maximum atomic E-state index is 13.0. The van der Waals surface area contributed by atoms with Crippen LogP contribution in [-0.2, 0) is 20.7 Å². The van der Waals surface area contributed by atoms with Crippen LogP contribution in [0.4, 0.5) is 0 Å². The van der Waals surface area contributed by atoms with E-state index in [1.54, 1.807) is 18.1 Å². The van der Waals surface area contributed by atoms with Gasteiger partial charge in [-0.25, -0.2) is 0 Å². The molecule has 1 amide bonds. The minimum absolute atomic E-state index is 0.0810. The fraction of sp³-hybridized carbons (Fsp3) is 0.391. The van der Waals surface area contributed by atoms with Crippen LogP contribution in [0.1, 0.15) is 41.0 Å². The second-order valence-electron chi connectivity index (χ2n) is 7.76. The molecule has 2 unspecified atom stereocenters. The first-order chi connectivity index (χ1) is 14.4. The van der Waals surface area contributed by atoms with Crippen molar-refractivity contribution in [3.8, 4) is 5.75 Å². The number of carbonyl (C=O) groups is 2. The van der Waals surface area contributed by atoms with Gasteiger partial charge in [0.2, 0.25) is 0 Å². The maximum Gasteiger partial charge on any atom is 0.295 e. The highest BCUT2D eigenvalue weighted by Gasteiger charge is 2.46. The molecular formula is C23H25NO5S. The first-order valence-corrected chi connectivity index (χ1v) is 10.9. The second-order valence-corrected chi connectivity index (χ2v) is 8.71. The van der Waals surface area contributed by atoms with E-state index in [2.05, 4.69) is 0 Å². The summed E-state index contributed by atoms with van der Waals surface area (Å²) >= 11 is 1.49. The number of hydrogen-bond acceptors (Lipinski definition) is 6. The molecule has 2 aliphatic rings. The number of Topliss-reactive ketones (excluding diaryl/α,β-unsaturated/α-hetero) is 1. The monoisotopic (exact) mass is 427 g/mol. The van der Waals surface area contributed by atoms with Crippen molar-refractivity contribution in [1.29, 1.82) is 0 Å². The van der Waals surface area contributed by atoms with Crippen LogP contribution in [0.3, 0.4) is 0 Å². The maximum absolute atomic E-state index is 13.0. The number of ether oxygens (including phenoxy) is 2. The summed E-state index contributed by atoms with van der Waals surface area (Å²) in [6, 6.07) is 6.77. The van der Waals surface area contributed by atoms with Gasteiger partial charge in [-0.15, -0.1) is 11.3 Å². The first kappa shape index (κ1) is 20.6. The van der Waals surface area contributed by atoms with Crippen LogP contribution in [0.5, 0.6) is 5.75 Å². The zero-order chi connectivity index (χ0) is 21.4. The molecule has 0 bridgehead atoms. The van der Waals surface area contributed by atoms with Crippen LogP contribution in [0.25, 0.3) is 5.76 Å². The fourth-order valence-electron chi connectivity index (χ4n) is 4.15. The number of ketones is 1. The van der Waals surface area contributed by atoms with Gasteiger partial charge < -0.3 is 19.5 Å². The highest BCUT2D eigenvalue weighted by Crippen LogP contribution is 2.43. The number of rotatable bonds is 6. The number of likely N-dealkylation sites (tertiary alicyclic amines) is 1. The smallest absolute Gasteiger partial charge is 0.295 e. The molecule has 0 radical (unpaired) electrons. The third-order valence-electron chi connectivity index (χ3n) is 5.61. The molecule has 6 nitrogen and oxygen atoms in total. The Hall–Kier alpha value is -2.64. The van der Waals surface area contributed by atoms with Gasteiger partial charge in [-0.3, -0.25) is 9.59 Å². The van der Waals surface area contributed by atoms with Crippen molar-refractivity contribution in [3.63, 3.8) is 0 Å². The third-order valence-corrected chi connectivity index (χ3v) is 6.68. The van der Waals surface area contributed by atoms with Crippen molar-refractivity contribution in [3.05, 3.63) is 56.8 Å². The van der Waals surface area contributed by atoms with E-state index in [1.807, 2.05) is 37.4 Å². The number of benzene rings is 1. The lowest BCUT2D eigenvalue weighted by Gasteiger charge is -2.24. The highest BCUT2D eigenvalue weighted by atomic mass is 32.1. The average molecular weight is 428 g/mol. The van der Waals surface area contributed by atoms with Crippen molar-refractivity contribution in [2.45, 2.75) is 38.8 Å². The van der Waals surface area contributed by atoms with Gasteiger partial charge in [-0.05, 0) is 61.0 Å². The minimum atomic E-state index is -0.646. The molecule has 1 saturated heterocycles. The number of thiophene rings is 1. The Morgan fingerprint density at radius 3 is 2.83 bits per heavy atom. The van der Waals surface area contributed by atoms with Gasteiger partial charge in [0.1, 0.15) is 17.6 Å². The summed E-state index contributed by atoms with van der Waals surface area (Å²) < 4.78 is 10.9. The molecule has 2 aliphatic heterocycles. The van der Waals surface area contributed by atoms with E-state index in [0.717, 1.165) is 28.2 Å². The van der Waals surface area contributed by atoms with Crippen molar-refractivity contribution in [1.82, 2.24) is 4.90 Å². The lowest BCUT2D eigenvalue weighted by atomic mass is 9.97. The van der Waals surface area contributed by atoms with Crippen LogP contribution >= 0.6 is 11.3 Å². The first-order valence-electron chi connectivity index (χ1n) is 10.0. The molecule has 1 aromatic heterocycles. The van der Waals surface area contributed by atoms with Gasteiger partial charge in [-0.1, -0.05) is 0 Å². The molecule has 7 heteroatoms. The lowest BCUT2D eigenvalue weighted by molar-refractivity contribution is -0.140. The van der Waals surface area contributed by atoms with E-state index >= 15 is 0 Å². The standard InChI is InChI=1S/C23H25NO5S/c1-13-7-10-30-22(13)19-18(21(26)23(27)24(19)8-4-9-28-3)20(25)15-5-6-17-16(12-15)11-14(2)29-17/h5-7,10,12,14,19,25H,4,8-9,11H2,1-3H3/b20-18-. The summed E-state index contributed by atoms with van der Waals surface area (Å²) in [5, 5.41) is 13.1.